The summed E-state index contributed by atoms with van der Waals surface area (Å²) in [6.07, 6.45) is 15.5. The molecule has 0 amide bonds. The maximum atomic E-state index is 12.4. The van der Waals surface area contributed by atoms with Crippen LogP contribution >= 0.6 is 27.3 Å². The predicted molar refractivity (Wildman–Crippen MR) is 316 cm³/mol. The van der Waals surface area contributed by atoms with Crippen LogP contribution in [-0.4, -0.2) is 137 Å². The zero-order valence-corrected chi connectivity index (χ0v) is 46.8. The lowest BCUT2D eigenvalue weighted by molar-refractivity contribution is 0.235. The fraction of sp³-hybridized carbons (Fsp3) is 0.474. The van der Waals surface area contributed by atoms with Gasteiger partial charge in [0.2, 0.25) is 17.3 Å². The van der Waals surface area contributed by atoms with E-state index in [4.69, 9.17) is 21.6 Å². The molecular weight excluding hydrogens is 1110 g/mol. The molecule has 3 fully saturated rings. The molecule has 3 aliphatic heterocycles. The molecule has 0 bridgehead atoms. The van der Waals surface area contributed by atoms with Gasteiger partial charge < -0.3 is 25.3 Å². The summed E-state index contributed by atoms with van der Waals surface area (Å²) in [6, 6.07) is 30.2. The Morgan fingerprint density at radius 3 is 1.32 bits per heavy atom. The number of fused-ring (bicyclic) bond motifs is 9. The fourth-order valence-electron chi connectivity index (χ4n) is 10.1. The van der Waals surface area contributed by atoms with Crippen LogP contribution in [0.5, 0.6) is 0 Å². The number of aliphatic hydroxyl groups excluding tert-OH is 2. The molecule has 9 heterocycles. The minimum atomic E-state index is -4.93. The molecule has 0 spiro atoms. The molecule has 3 aliphatic rings. The van der Waals surface area contributed by atoms with Crippen LogP contribution in [0.3, 0.4) is 0 Å². The van der Waals surface area contributed by atoms with Gasteiger partial charge in [-0.3, -0.25) is 22.0 Å². The highest BCUT2D eigenvalue weighted by molar-refractivity contribution is 9.10. The van der Waals surface area contributed by atoms with Crippen molar-refractivity contribution in [3.8, 4) is 0 Å². The summed E-state index contributed by atoms with van der Waals surface area (Å²) in [5.41, 5.74) is 6.18. The standard InChI is InChI=1S/C17H19FN4.C17H20N4O.C10H6BrN3.C7H15NO.C4H10F3NS.CH3F.CH4/c18-9-5-13-6-10-21(11-7-13)16-8-12-22-15-4-2-1-3-14(15)19-17(22)20-16;22-12-8-13-5-9-20(10-6-13)16-7-11-21-15-4-2-1-3-14(15)18-17(21)19-16;11-9-5-6-14-8-4-2-1-3-7(8)12-10(14)13-9;9-6-3-7-1-4-8-5-2-7;1-3-8(4-2)9(5,6)7;1-2;/h1-4,8,12-13H,5-7,9-11H2;1-4,7,11,13,22H,5-6,8-10,12H2;1-6H;7-9H,1-6H2;3-4H2,1-2H3;1H3;1H4/i;;;;;1D;. The highest BCUT2D eigenvalue weighted by Gasteiger charge is 2.28. The summed E-state index contributed by atoms with van der Waals surface area (Å²) in [7, 11) is -1.00. The van der Waals surface area contributed by atoms with Crippen LogP contribution in [0.1, 0.15) is 80.4 Å². The Balaban J connectivity index is 0.000000166. The number of halogens is 6. The first-order chi connectivity index (χ1) is 38.4. The quantitative estimate of drug-likeness (QED) is 0.0835. The molecule has 0 saturated carbocycles. The lowest BCUT2D eigenvalue weighted by Gasteiger charge is -2.32. The van der Waals surface area contributed by atoms with Crippen molar-refractivity contribution in [2.45, 2.75) is 79.1 Å². The highest BCUT2D eigenvalue weighted by atomic mass is 79.9. The minimum Gasteiger partial charge on any atom is -0.396 e. The van der Waals surface area contributed by atoms with Gasteiger partial charge >= 0.3 is 0 Å². The van der Waals surface area contributed by atoms with Gasteiger partial charge in [0.05, 0.1) is 48.3 Å². The van der Waals surface area contributed by atoms with Crippen molar-refractivity contribution in [1.82, 2.24) is 52.7 Å². The second-order valence-corrected chi connectivity index (χ2v) is 21.3. The van der Waals surface area contributed by atoms with Crippen molar-refractivity contribution in [3.05, 3.63) is 114 Å². The van der Waals surface area contributed by atoms with Gasteiger partial charge in [-0.25, -0.2) is 19.9 Å². The van der Waals surface area contributed by atoms with Gasteiger partial charge in [0.25, 0.3) is 11.4 Å². The lowest BCUT2D eigenvalue weighted by Crippen LogP contribution is -2.34. The summed E-state index contributed by atoms with van der Waals surface area (Å²) in [5, 5.41) is 20.9. The van der Waals surface area contributed by atoms with Gasteiger partial charge in [-0.05, 0) is 159 Å². The molecule has 0 radical (unpaired) electrons. The van der Waals surface area contributed by atoms with E-state index in [2.05, 4.69) is 81.4 Å². The molecule has 3 aromatic carbocycles. The lowest BCUT2D eigenvalue weighted by atomic mass is 9.94. The van der Waals surface area contributed by atoms with Crippen molar-refractivity contribution in [2.24, 2.45) is 17.8 Å². The van der Waals surface area contributed by atoms with E-state index in [1.54, 1.807) is 0 Å². The Hall–Kier alpha value is -5.78. The summed E-state index contributed by atoms with van der Waals surface area (Å²) in [6.45, 7) is 9.81. The van der Waals surface area contributed by atoms with Crippen molar-refractivity contribution in [3.63, 3.8) is 0 Å². The molecule has 0 unspecified atom stereocenters. The molecule has 3 saturated heterocycles. The van der Waals surface area contributed by atoms with Crippen molar-refractivity contribution >= 4 is 89.4 Å². The number of imidazole rings is 3. The van der Waals surface area contributed by atoms with Crippen molar-refractivity contribution < 1.29 is 32.0 Å². The maximum Gasteiger partial charge on any atom is 0.278 e. The molecule has 430 valence electrons. The monoisotopic (exact) mass is 1180 g/mol. The number of nitrogens with zero attached hydrogens (tertiary/aromatic N) is 12. The summed E-state index contributed by atoms with van der Waals surface area (Å²) < 4.78 is 70.5. The average molecular weight is 1180 g/mol. The normalized spacial score (nSPS) is 15.7. The van der Waals surface area contributed by atoms with Crippen LogP contribution in [0.15, 0.2) is 114 Å². The van der Waals surface area contributed by atoms with E-state index < -0.39 is 18.5 Å². The van der Waals surface area contributed by atoms with E-state index in [0.29, 0.717) is 35.8 Å². The molecule has 6 aromatic heterocycles. The number of aromatic nitrogens is 9. The van der Waals surface area contributed by atoms with Gasteiger partial charge in [-0.2, -0.15) is 14.3 Å². The SMILES string of the molecule is Brc1ccn2c(n1)nc1ccccc12.C.CCN(CC)S(F)(F)F.FCCC1CCN(c2ccn3c(n2)nc2ccccc23)CC1.OCCC1CCN(c2ccn3c(n2)nc2ccccc23)CC1.OCCC1CCNCC1.[2H]CF. The van der Waals surface area contributed by atoms with Gasteiger partial charge in [0, 0.05) is 71.1 Å². The summed E-state index contributed by atoms with van der Waals surface area (Å²) >= 11 is -1.61. The third-order valence-electron chi connectivity index (χ3n) is 14.4. The Kier molecular flexibility index (Phi) is 24.1. The topological polar surface area (TPSA) is 153 Å². The Morgan fingerprint density at radius 1 is 0.582 bits per heavy atom. The molecule has 15 nitrogen and oxygen atoms in total. The van der Waals surface area contributed by atoms with Crippen LogP contribution in [-0.2, 0) is 0 Å². The maximum absolute atomic E-state index is 12.4. The second-order valence-electron chi connectivity index (χ2n) is 19.2. The van der Waals surface area contributed by atoms with Gasteiger partial charge in [-0.15, -0.1) is 11.7 Å². The number of aliphatic hydroxyl groups is 2. The van der Waals surface area contributed by atoms with Crippen LogP contribution < -0.4 is 15.1 Å². The third-order valence-corrected chi connectivity index (χ3v) is 15.9. The van der Waals surface area contributed by atoms with Crippen LogP contribution in [0.4, 0.5) is 32.1 Å². The molecule has 0 aliphatic carbocycles. The smallest absolute Gasteiger partial charge is 0.278 e. The molecule has 9 aromatic rings. The van der Waals surface area contributed by atoms with Crippen molar-refractivity contribution in [2.75, 3.05) is 89.2 Å². The largest absolute Gasteiger partial charge is 0.396 e. The summed E-state index contributed by atoms with van der Waals surface area (Å²) in [5.74, 6) is 6.17. The first-order valence-corrected chi connectivity index (χ1v) is 28.9. The molecule has 3 N–H and O–H groups in total. The predicted octanol–water partition coefficient (Wildman–Crippen LogP) is 12.9. The number of rotatable bonds is 11. The number of hydrogen-bond donors (Lipinski definition) is 3. The zero-order valence-electron chi connectivity index (χ0n) is 45.4. The fourth-order valence-corrected chi connectivity index (χ4v) is 10.9. The van der Waals surface area contributed by atoms with E-state index in [1.165, 1.54) is 26.7 Å². The van der Waals surface area contributed by atoms with Crippen LogP contribution in [0.2, 0.25) is 0 Å². The van der Waals surface area contributed by atoms with E-state index in [0.717, 1.165) is 150 Å². The van der Waals surface area contributed by atoms with E-state index in [-0.39, 0.29) is 27.2 Å². The van der Waals surface area contributed by atoms with Crippen LogP contribution in [0.25, 0.3) is 50.4 Å². The Bertz CT molecular complexity index is 3100. The van der Waals surface area contributed by atoms with Crippen molar-refractivity contribution in [1.29, 1.82) is 0 Å². The van der Waals surface area contributed by atoms with Gasteiger partial charge in [0.1, 0.15) is 16.2 Å². The number of benzene rings is 3. The molecule has 0 atom stereocenters. The molecular formula is C57H77BrF5N13O2S. The molecule has 12 rings (SSSR count). The van der Waals surface area contributed by atoms with E-state index in [9.17, 15) is 20.4 Å². The number of anilines is 2. The Labute approximate surface area is 472 Å². The number of para-hydroxylation sites is 6. The third kappa shape index (κ3) is 16.9. The number of alkyl halides is 2. The van der Waals surface area contributed by atoms with Gasteiger partial charge in [-0.1, -0.05) is 57.7 Å². The van der Waals surface area contributed by atoms with Gasteiger partial charge in [0.15, 0.2) is 0 Å². The first kappa shape index (κ1) is 60.9. The Morgan fingerprint density at radius 2 is 0.949 bits per heavy atom. The molecule has 22 heteroatoms. The number of hydrogen-bond acceptors (Lipinski definition) is 12. The van der Waals surface area contributed by atoms with E-state index >= 15 is 0 Å². The summed E-state index contributed by atoms with van der Waals surface area (Å²) in [4.78, 5) is 31.9. The second kappa shape index (κ2) is 31.3. The van der Waals surface area contributed by atoms with Crippen LogP contribution in [0, 0.1) is 17.8 Å². The minimum absolute atomic E-state index is 0. The first-order valence-electron chi connectivity index (χ1n) is 27.5. The molecule has 79 heavy (non-hydrogen) atoms. The highest BCUT2D eigenvalue weighted by Crippen LogP contribution is 2.56. The van der Waals surface area contributed by atoms with E-state index in [1.807, 2.05) is 92.3 Å². The number of piperidine rings is 3. The zero-order chi connectivity index (χ0) is 56.2. The number of nitrogens with one attached hydrogen (secondary N) is 1. The average Bonchev–Trinajstić information content (AvgIpc) is 4.22.